The second-order valence-corrected chi connectivity index (χ2v) is 13.8. The number of benzene rings is 1. The number of anilines is 2. The van der Waals surface area contributed by atoms with Crippen molar-refractivity contribution in [1.29, 1.82) is 0 Å². The van der Waals surface area contributed by atoms with Crippen molar-refractivity contribution in [3.63, 3.8) is 0 Å². The summed E-state index contributed by atoms with van der Waals surface area (Å²) in [6, 6.07) is 7.47. The van der Waals surface area contributed by atoms with Crippen LogP contribution in [0.2, 0.25) is 5.54 Å². The Morgan fingerprint density at radius 2 is 1.60 bits per heavy atom. The van der Waals surface area contributed by atoms with Crippen molar-refractivity contribution < 1.29 is 13.3 Å². The van der Waals surface area contributed by atoms with Crippen LogP contribution in [0.5, 0.6) is 0 Å². The van der Waals surface area contributed by atoms with Gasteiger partial charge in [0.05, 0.1) is 0 Å². The van der Waals surface area contributed by atoms with Crippen molar-refractivity contribution in [2.75, 3.05) is 42.5 Å². The molecular weight excluding hydrogens is 605 g/mol. The van der Waals surface area contributed by atoms with Gasteiger partial charge in [0.1, 0.15) is 12.7 Å². The Labute approximate surface area is 255 Å². The first kappa shape index (κ1) is 34.0. The topological polar surface area (TPSA) is 149 Å². The summed E-state index contributed by atoms with van der Waals surface area (Å²) in [6.07, 6.45) is 2.91. The van der Waals surface area contributed by atoms with Gasteiger partial charge in [0, 0.05) is 48.2 Å². The summed E-state index contributed by atoms with van der Waals surface area (Å²) in [6.45, 7) is 10.1. The number of nitrogens with one attached hydrogen (secondary N) is 3. The lowest BCUT2D eigenvalue weighted by molar-refractivity contribution is 0.0636. The van der Waals surface area contributed by atoms with E-state index in [1.807, 2.05) is 75.5 Å². The van der Waals surface area contributed by atoms with E-state index in [9.17, 15) is 0 Å². The van der Waals surface area contributed by atoms with E-state index in [-0.39, 0.29) is 5.54 Å². The highest BCUT2D eigenvalue weighted by molar-refractivity contribution is 8.21. The normalized spacial score (nSPS) is 13.0. The lowest BCUT2D eigenvalue weighted by Crippen LogP contribution is -2.51. The average Bonchev–Trinajstić information content (AvgIpc) is 3.53. The number of H-pyrrole nitrogens is 2. The fraction of sp³-hybridized carbons (Fsp3) is 0.417. The van der Waals surface area contributed by atoms with Crippen LogP contribution in [0.15, 0.2) is 47.7 Å². The summed E-state index contributed by atoms with van der Waals surface area (Å²) in [5, 5.41) is 8.63. The molecule has 0 radical (unpaired) electrons. The van der Waals surface area contributed by atoms with E-state index >= 15 is 0 Å². The van der Waals surface area contributed by atoms with Crippen molar-refractivity contribution in [3.8, 4) is 11.4 Å². The molecule has 5 N–H and O–H groups in total. The molecule has 2 aromatic heterocycles. The molecule has 218 valence electrons. The highest BCUT2D eigenvalue weighted by atomic mass is 32.2. The summed E-state index contributed by atoms with van der Waals surface area (Å²) < 4.78 is 18.4. The van der Waals surface area contributed by atoms with Crippen molar-refractivity contribution in [3.05, 3.63) is 57.3 Å². The molecule has 1 aromatic carbocycles. The molecule has 0 saturated heterocycles. The van der Waals surface area contributed by atoms with Gasteiger partial charge in [0.2, 0.25) is 10.7 Å². The zero-order chi connectivity index (χ0) is 29.2. The molecule has 3 aromatic rings. The molecule has 3 heterocycles. The number of hydrogen-bond acceptors (Lipinski definition) is 13. The van der Waals surface area contributed by atoms with E-state index in [4.69, 9.17) is 43.4 Å². The van der Waals surface area contributed by atoms with Crippen LogP contribution in [0.4, 0.5) is 11.6 Å². The largest absolute Gasteiger partial charge is 0.505 e. The molecular formula is C24H36N8O3S4Si. The summed E-state index contributed by atoms with van der Waals surface area (Å²) in [7, 11) is -2.74. The zero-order valence-corrected chi connectivity index (χ0v) is 27.2. The van der Waals surface area contributed by atoms with Gasteiger partial charge in [0.25, 0.3) is 0 Å². The van der Waals surface area contributed by atoms with Crippen LogP contribution in [-0.4, -0.2) is 70.2 Å². The molecule has 1 atom stereocenters. The smallest absolute Gasteiger partial charge is 0.398 e. The Balaban J connectivity index is 0.000000257. The van der Waals surface area contributed by atoms with E-state index < -0.39 is 8.80 Å². The molecule has 0 bridgehead atoms. The average molecular weight is 641 g/mol. The molecule has 1 aliphatic rings. The molecule has 1 unspecified atom stereocenters. The first-order valence-electron chi connectivity index (χ1n) is 12.6. The second-order valence-electron chi connectivity index (χ2n) is 7.80. The van der Waals surface area contributed by atoms with Gasteiger partial charge in [-0.2, -0.15) is 4.98 Å². The van der Waals surface area contributed by atoms with E-state index in [1.54, 1.807) is 0 Å². The summed E-state index contributed by atoms with van der Waals surface area (Å²) >= 11 is 13.8. The first-order chi connectivity index (χ1) is 19.3. The number of nitrogens with zero attached hydrogens (tertiary/aromatic N) is 4. The second kappa shape index (κ2) is 19.0. The van der Waals surface area contributed by atoms with Crippen LogP contribution in [0.3, 0.4) is 0 Å². The number of nitrogen functional groups attached to an aromatic ring is 1. The van der Waals surface area contributed by atoms with Crippen LogP contribution in [-0.2, 0) is 13.3 Å². The number of rotatable bonds is 11. The van der Waals surface area contributed by atoms with Crippen LogP contribution in [0.1, 0.15) is 27.7 Å². The fourth-order valence-electron chi connectivity index (χ4n) is 3.28. The number of nitrogens with two attached hydrogens (primary N) is 1. The van der Waals surface area contributed by atoms with Crippen LogP contribution >= 0.6 is 48.0 Å². The zero-order valence-electron chi connectivity index (χ0n) is 23.0. The number of aromatic nitrogens is 6. The quantitative estimate of drug-likeness (QED) is 0.109. The maximum atomic E-state index is 5.88. The van der Waals surface area contributed by atoms with Gasteiger partial charge < -0.3 is 34.3 Å². The third kappa shape index (κ3) is 11.7. The maximum Gasteiger partial charge on any atom is 0.505 e. The van der Waals surface area contributed by atoms with Gasteiger partial charge in [-0.3, -0.25) is 0 Å². The van der Waals surface area contributed by atoms with Crippen molar-refractivity contribution in [1.82, 2.24) is 29.9 Å². The molecule has 0 amide bonds. The van der Waals surface area contributed by atoms with E-state index in [0.717, 1.165) is 5.56 Å². The highest BCUT2D eigenvalue weighted by Crippen LogP contribution is 2.26. The standard InChI is InChI=1S/C12H24N4O3S2Si.C9H8N4.C3H4S2/c1-5-17-22(18-6-2,19-7-3)9(4)8-13-10-14-11(20)16-12(21)15-10;10-8-4-2-1-3-7(8)9-12-5-11-6-13-9;1-2-5-3-4-1/h9H,5-8H2,1-4H3,(H3,13,14,15,16,20,21);1-6H,10H2;1-2H,3H2. The predicted octanol–water partition coefficient (Wildman–Crippen LogP) is 6.06. The monoisotopic (exact) mass is 640 g/mol. The highest BCUT2D eigenvalue weighted by Gasteiger charge is 2.46. The summed E-state index contributed by atoms with van der Waals surface area (Å²) in [4.78, 5) is 21.6. The first-order valence-corrected chi connectivity index (χ1v) is 17.3. The molecule has 0 aliphatic carbocycles. The van der Waals surface area contributed by atoms with Gasteiger partial charge in [-0.15, -0.1) is 23.5 Å². The van der Waals surface area contributed by atoms with Crippen LogP contribution in [0.25, 0.3) is 11.4 Å². The number of para-hydroxylation sites is 1. The van der Waals surface area contributed by atoms with Crippen molar-refractivity contribution in [2.24, 2.45) is 0 Å². The van der Waals surface area contributed by atoms with Gasteiger partial charge in [-0.1, -0.05) is 19.1 Å². The minimum atomic E-state index is -2.74. The Hall–Kier alpha value is -2.18. The molecule has 0 fully saturated rings. The predicted molar refractivity (Wildman–Crippen MR) is 172 cm³/mol. The Kier molecular flexibility index (Phi) is 16.2. The van der Waals surface area contributed by atoms with Gasteiger partial charge >= 0.3 is 8.80 Å². The summed E-state index contributed by atoms with van der Waals surface area (Å²) in [5.41, 5.74) is 7.31. The molecule has 0 spiro atoms. The minimum absolute atomic E-state index is 0.0499. The van der Waals surface area contributed by atoms with Gasteiger partial charge in [-0.05, 0) is 68.2 Å². The Bertz CT molecular complexity index is 1230. The Morgan fingerprint density at radius 1 is 1.00 bits per heavy atom. The van der Waals surface area contributed by atoms with E-state index in [2.05, 4.69) is 46.0 Å². The molecule has 4 rings (SSSR count). The van der Waals surface area contributed by atoms with E-state index in [0.29, 0.717) is 53.4 Å². The SMILES string of the molecule is C1=CSCS1.CCO[Si](OCC)(OCC)C(C)CNc1nc(=S)[nH]c(=S)[nH]1.Nc1ccccc1-c1ncncn1. The minimum Gasteiger partial charge on any atom is -0.398 e. The molecule has 11 nitrogen and oxygen atoms in total. The van der Waals surface area contributed by atoms with Crippen molar-refractivity contribution >= 4 is 68.4 Å². The molecule has 16 heteroatoms. The number of hydrogen-bond donors (Lipinski definition) is 4. The molecule has 40 heavy (non-hydrogen) atoms. The number of thioether (sulfide) groups is 2. The van der Waals surface area contributed by atoms with Gasteiger partial charge in [0.15, 0.2) is 10.6 Å². The third-order valence-electron chi connectivity index (χ3n) is 4.96. The van der Waals surface area contributed by atoms with Crippen LogP contribution < -0.4 is 11.1 Å². The van der Waals surface area contributed by atoms with Crippen LogP contribution in [0, 0.1) is 9.54 Å². The number of aromatic amines is 2. The van der Waals surface area contributed by atoms with Crippen molar-refractivity contribution in [2.45, 2.75) is 33.2 Å². The third-order valence-corrected chi connectivity index (χ3v) is 10.8. The summed E-state index contributed by atoms with van der Waals surface area (Å²) in [5.74, 6) is 1.13. The maximum absolute atomic E-state index is 5.88. The lowest BCUT2D eigenvalue weighted by atomic mass is 10.2. The molecule has 1 aliphatic heterocycles. The molecule has 0 saturated carbocycles. The van der Waals surface area contributed by atoms with Gasteiger partial charge in [-0.25, -0.2) is 15.0 Å². The fourth-order valence-corrected chi connectivity index (χ4v) is 7.97. The Morgan fingerprint density at radius 3 is 2.10 bits per heavy atom. The van der Waals surface area contributed by atoms with E-state index in [1.165, 1.54) is 17.7 Å². The lowest BCUT2D eigenvalue weighted by Gasteiger charge is -2.33.